The topological polar surface area (TPSA) is 66.4 Å². The Balaban J connectivity index is 1.77. The van der Waals surface area contributed by atoms with Crippen molar-refractivity contribution in [1.29, 1.82) is 0 Å². The molecule has 0 spiro atoms. The van der Waals surface area contributed by atoms with Crippen LogP contribution in [0.1, 0.15) is 52.4 Å². The number of rotatable bonds is 4. The fraction of sp³-hybridized carbons (Fsp3) is 0.867. The van der Waals surface area contributed by atoms with Crippen molar-refractivity contribution >= 4 is 11.9 Å². The largest absolute Gasteiger partial charge is 0.481 e. The highest BCUT2D eigenvalue weighted by Gasteiger charge is 2.42. The van der Waals surface area contributed by atoms with Crippen LogP contribution in [0.2, 0.25) is 0 Å². The highest BCUT2D eigenvalue weighted by molar-refractivity contribution is 5.86. The first-order valence-electron chi connectivity index (χ1n) is 7.52. The summed E-state index contributed by atoms with van der Waals surface area (Å²) in [6.45, 7) is 4.52. The number of hydrogen-bond donors (Lipinski definition) is 2. The molecule has 2 aliphatic carbocycles. The maximum Gasteiger partial charge on any atom is 0.307 e. The minimum atomic E-state index is -0.824. The Morgan fingerprint density at radius 3 is 2.00 bits per heavy atom. The number of carboxylic acids is 1. The van der Waals surface area contributed by atoms with Gasteiger partial charge in [0.1, 0.15) is 0 Å². The van der Waals surface area contributed by atoms with E-state index in [0.717, 1.165) is 31.1 Å². The van der Waals surface area contributed by atoms with Gasteiger partial charge >= 0.3 is 5.97 Å². The summed E-state index contributed by atoms with van der Waals surface area (Å²) in [5.41, 5.74) is 0. The molecule has 4 nitrogen and oxygen atoms in total. The molecule has 2 atom stereocenters. The third-order valence-corrected chi connectivity index (χ3v) is 4.99. The zero-order chi connectivity index (χ0) is 14.0. The van der Waals surface area contributed by atoms with Gasteiger partial charge in [-0.15, -0.1) is 0 Å². The standard InChI is InChI=1S/C15H25NO3/c1-9(2)10-3-5-11(6-4-10)16-14(17)12-7-8-13(12)15(18)19/h9-13H,3-8H2,1-2H3,(H,16,17)(H,18,19). The fourth-order valence-corrected chi connectivity index (χ4v) is 3.35. The first kappa shape index (κ1) is 14.4. The maximum absolute atomic E-state index is 12.0. The van der Waals surface area contributed by atoms with Crippen molar-refractivity contribution in [3.63, 3.8) is 0 Å². The van der Waals surface area contributed by atoms with Crippen molar-refractivity contribution in [2.45, 2.75) is 58.4 Å². The number of carbonyl (C=O) groups excluding carboxylic acids is 1. The zero-order valence-electron chi connectivity index (χ0n) is 11.9. The molecule has 108 valence electrons. The number of aliphatic carboxylic acids is 1. The molecule has 0 bridgehead atoms. The second-order valence-electron chi connectivity index (χ2n) is 6.49. The summed E-state index contributed by atoms with van der Waals surface area (Å²) >= 11 is 0. The molecule has 0 aliphatic heterocycles. The Morgan fingerprint density at radius 1 is 1.00 bits per heavy atom. The van der Waals surface area contributed by atoms with Gasteiger partial charge in [0, 0.05) is 6.04 Å². The first-order chi connectivity index (χ1) is 8.99. The predicted molar refractivity (Wildman–Crippen MR) is 72.6 cm³/mol. The third-order valence-electron chi connectivity index (χ3n) is 4.99. The highest BCUT2D eigenvalue weighted by atomic mass is 16.4. The first-order valence-corrected chi connectivity index (χ1v) is 7.52. The zero-order valence-corrected chi connectivity index (χ0v) is 11.9. The molecule has 1 amide bonds. The van der Waals surface area contributed by atoms with E-state index < -0.39 is 11.9 Å². The summed E-state index contributed by atoms with van der Waals surface area (Å²) in [6.07, 6.45) is 5.81. The van der Waals surface area contributed by atoms with Crippen LogP contribution in [0.3, 0.4) is 0 Å². The molecular formula is C15H25NO3. The second kappa shape index (κ2) is 5.93. The van der Waals surface area contributed by atoms with Crippen LogP contribution in [-0.4, -0.2) is 23.0 Å². The average molecular weight is 267 g/mol. The summed E-state index contributed by atoms with van der Waals surface area (Å²) in [5.74, 6) is -0.0998. The lowest BCUT2D eigenvalue weighted by atomic mass is 9.72. The van der Waals surface area contributed by atoms with E-state index in [-0.39, 0.29) is 17.9 Å². The Labute approximate surface area is 115 Å². The van der Waals surface area contributed by atoms with Crippen molar-refractivity contribution in [2.24, 2.45) is 23.7 Å². The lowest BCUT2D eigenvalue weighted by molar-refractivity contribution is -0.153. The summed E-state index contributed by atoms with van der Waals surface area (Å²) in [7, 11) is 0. The molecular weight excluding hydrogens is 242 g/mol. The van der Waals surface area contributed by atoms with E-state index in [9.17, 15) is 9.59 Å². The van der Waals surface area contributed by atoms with Crippen LogP contribution in [-0.2, 0) is 9.59 Å². The molecule has 0 saturated heterocycles. The van der Waals surface area contributed by atoms with Gasteiger partial charge in [-0.05, 0) is 50.4 Å². The molecule has 19 heavy (non-hydrogen) atoms. The van der Waals surface area contributed by atoms with Crippen LogP contribution >= 0.6 is 0 Å². The van der Waals surface area contributed by atoms with Gasteiger partial charge in [-0.25, -0.2) is 0 Å². The molecule has 4 heteroatoms. The molecule has 2 rings (SSSR count). The van der Waals surface area contributed by atoms with E-state index in [2.05, 4.69) is 19.2 Å². The Bertz CT molecular complexity index is 345. The monoisotopic (exact) mass is 267 g/mol. The molecule has 0 heterocycles. The van der Waals surface area contributed by atoms with Gasteiger partial charge in [-0.2, -0.15) is 0 Å². The molecule has 2 saturated carbocycles. The van der Waals surface area contributed by atoms with Crippen LogP contribution in [0.5, 0.6) is 0 Å². The van der Waals surface area contributed by atoms with Gasteiger partial charge in [0.25, 0.3) is 0 Å². The van der Waals surface area contributed by atoms with Gasteiger partial charge in [0.2, 0.25) is 5.91 Å². The Morgan fingerprint density at radius 2 is 1.58 bits per heavy atom. The number of carbonyl (C=O) groups is 2. The van der Waals surface area contributed by atoms with E-state index >= 15 is 0 Å². The van der Waals surface area contributed by atoms with Crippen molar-refractivity contribution in [3.05, 3.63) is 0 Å². The van der Waals surface area contributed by atoms with Crippen molar-refractivity contribution < 1.29 is 14.7 Å². The summed E-state index contributed by atoms with van der Waals surface area (Å²) in [6, 6.07) is 0.262. The van der Waals surface area contributed by atoms with Crippen molar-refractivity contribution in [2.75, 3.05) is 0 Å². The Kier molecular flexibility index (Phi) is 4.48. The van der Waals surface area contributed by atoms with Gasteiger partial charge in [0.15, 0.2) is 0 Å². The molecule has 0 aromatic rings. The number of nitrogens with one attached hydrogen (secondary N) is 1. The van der Waals surface area contributed by atoms with Crippen LogP contribution in [0, 0.1) is 23.7 Å². The molecule has 0 aromatic heterocycles. The molecule has 2 aliphatic rings. The SMILES string of the molecule is CC(C)C1CCC(NC(=O)C2CCC2C(=O)O)CC1. The Hall–Kier alpha value is -1.06. The maximum atomic E-state index is 12.0. The molecule has 0 radical (unpaired) electrons. The van der Waals surface area contributed by atoms with E-state index in [1.54, 1.807) is 0 Å². The highest BCUT2D eigenvalue weighted by Crippen LogP contribution is 2.35. The fourth-order valence-electron chi connectivity index (χ4n) is 3.35. The molecule has 0 aromatic carbocycles. The lowest BCUT2D eigenvalue weighted by Crippen LogP contribution is -2.48. The second-order valence-corrected chi connectivity index (χ2v) is 6.49. The number of hydrogen-bond acceptors (Lipinski definition) is 2. The predicted octanol–water partition coefficient (Wildman–Crippen LogP) is 2.43. The van der Waals surface area contributed by atoms with E-state index in [1.165, 1.54) is 12.8 Å². The lowest BCUT2D eigenvalue weighted by Gasteiger charge is -2.36. The summed E-state index contributed by atoms with van der Waals surface area (Å²) in [5, 5.41) is 12.0. The van der Waals surface area contributed by atoms with Gasteiger partial charge in [0.05, 0.1) is 11.8 Å². The van der Waals surface area contributed by atoms with Crippen LogP contribution in [0.4, 0.5) is 0 Å². The number of amides is 1. The van der Waals surface area contributed by atoms with E-state index in [0.29, 0.717) is 6.42 Å². The van der Waals surface area contributed by atoms with Crippen molar-refractivity contribution in [1.82, 2.24) is 5.32 Å². The van der Waals surface area contributed by atoms with E-state index in [1.807, 2.05) is 0 Å². The van der Waals surface area contributed by atoms with Crippen LogP contribution in [0.15, 0.2) is 0 Å². The third kappa shape index (κ3) is 3.28. The van der Waals surface area contributed by atoms with Gasteiger partial charge < -0.3 is 10.4 Å². The molecule has 2 fully saturated rings. The average Bonchev–Trinajstić information content (AvgIpc) is 2.27. The van der Waals surface area contributed by atoms with Crippen LogP contribution in [0.25, 0.3) is 0 Å². The number of carboxylic acid groups (broad SMARTS) is 1. The van der Waals surface area contributed by atoms with Crippen molar-refractivity contribution in [3.8, 4) is 0 Å². The smallest absolute Gasteiger partial charge is 0.307 e. The molecule has 2 unspecified atom stereocenters. The van der Waals surface area contributed by atoms with Crippen LogP contribution < -0.4 is 5.32 Å². The van der Waals surface area contributed by atoms with Gasteiger partial charge in [-0.1, -0.05) is 13.8 Å². The normalized spacial score (nSPS) is 34.7. The quantitative estimate of drug-likeness (QED) is 0.822. The summed E-state index contributed by atoms with van der Waals surface area (Å²) < 4.78 is 0. The minimum Gasteiger partial charge on any atom is -0.481 e. The molecule has 2 N–H and O–H groups in total. The minimum absolute atomic E-state index is 0.0355. The summed E-state index contributed by atoms with van der Waals surface area (Å²) in [4.78, 5) is 23.0. The van der Waals surface area contributed by atoms with Gasteiger partial charge in [-0.3, -0.25) is 9.59 Å². The van der Waals surface area contributed by atoms with E-state index in [4.69, 9.17) is 5.11 Å².